The van der Waals surface area contributed by atoms with Crippen LogP contribution in [0.5, 0.6) is 0 Å². The minimum absolute atomic E-state index is 0.00376. The number of amides is 1. The van der Waals surface area contributed by atoms with Crippen molar-refractivity contribution in [1.29, 1.82) is 0 Å². The van der Waals surface area contributed by atoms with Gasteiger partial charge in [-0.3, -0.25) is 9.59 Å². The number of fused-ring (bicyclic) bond motifs is 2. The van der Waals surface area contributed by atoms with E-state index in [0.29, 0.717) is 6.42 Å². The van der Waals surface area contributed by atoms with Crippen molar-refractivity contribution < 1.29 is 68.7 Å². The molecule has 2 bridgehead atoms. The lowest BCUT2D eigenvalue weighted by Crippen LogP contribution is -2.64. The average Bonchev–Trinajstić information content (AvgIpc) is 3.06. The Morgan fingerprint density at radius 2 is 1.58 bits per heavy atom. The highest BCUT2D eigenvalue weighted by atomic mass is 16.7. The van der Waals surface area contributed by atoms with Crippen LogP contribution in [-0.4, -0.2) is 129 Å². The van der Waals surface area contributed by atoms with E-state index in [0.717, 1.165) is 7.11 Å². The van der Waals surface area contributed by atoms with Crippen molar-refractivity contribution >= 4 is 17.8 Å². The number of carbonyl (C=O) groups excluding carboxylic acids is 3. The Labute approximate surface area is 310 Å². The summed E-state index contributed by atoms with van der Waals surface area (Å²) in [5.41, 5.74) is 0. The van der Waals surface area contributed by atoms with E-state index in [1.165, 1.54) is 19.1 Å². The van der Waals surface area contributed by atoms with Crippen molar-refractivity contribution in [2.24, 2.45) is 11.8 Å². The number of allylic oxidation sites excluding steroid dienone is 6. The molecule has 0 aromatic heterocycles. The molecule has 0 saturated carbocycles. The zero-order chi connectivity index (χ0) is 39.3. The Morgan fingerprint density at radius 1 is 0.925 bits per heavy atom. The van der Waals surface area contributed by atoms with Crippen LogP contribution in [0.25, 0.3) is 0 Å². The van der Waals surface area contributed by atoms with Gasteiger partial charge in [0.25, 0.3) is 0 Å². The molecule has 15 nitrogen and oxygen atoms in total. The molecule has 0 spiro atoms. The molecule has 0 aromatic carbocycles. The summed E-state index contributed by atoms with van der Waals surface area (Å²) >= 11 is 0. The van der Waals surface area contributed by atoms with E-state index in [9.17, 15) is 45.0 Å². The molecule has 53 heavy (non-hydrogen) atoms. The van der Waals surface area contributed by atoms with Gasteiger partial charge in [0.2, 0.25) is 5.91 Å². The lowest BCUT2D eigenvalue weighted by Gasteiger charge is -2.45. The number of nitrogens with one attached hydrogen (secondary N) is 1. The predicted octanol–water partition coefficient (Wildman–Crippen LogP) is 1.01. The molecular weight excluding hydrogens is 694 g/mol. The molecule has 0 aromatic rings. The van der Waals surface area contributed by atoms with Crippen LogP contribution in [0.15, 0.2) is 60.8 Å². The van der Waals surface area contributed by atoms with Crippen LogP contribution in [-0.2, 0) is 38.1 Å². The van der Waals surface area contributed by atoms with E-state index in [1.807, 2.05) is 19.1 Å². The SMILES string of the molecule is CCC1C=CC=CC=CC=CC(OC2OC(C)C(O)C(NC(C)=O)C2O)CC2OC(O)(CC(O)CC(O)CC=CC(=O)OC1C)CC(O)C2C(=O)OC. The fourth-order valence-electron chi connectivity index (χ4n) is 6.78. The Morgan fingerprint density at radius 3 is 2.23 bits per heavy atom. The van der Waals surface area contributed by atoms with E-state index < -0.39 is 110 Å². The molecule has 3 rings (SSSR count). The highest BCUT2D eigenvalue weighted by molar-refractivity contribution is 5.82. The first-order valence-electron chi connectivity index (χ1n) is 18.1. The molecule has 3 aliphatic rings. The molecule has 0 aliphatic carbocycles. The van der Waals surface area contributed by atoms with Gasteiger partial charge in [-0.1, -0.05) is 61.6 Å². The number of rotatable bonds is 5. The standard InChI is InChI=1S/C38H57NO14/c1-6-25-14-11-9-7-8-10-12-16-28(52-37-35(46)33(39-24(4)40)34(45)23(3)51-37)19-30-32(36(47)49-5)29(43)21-38(48,53-30)20-27(42)18-26(41)15-13-17-31(44)50-22(25)2/h7-14,16-17,22-23,25-30,32-35,37,41-43,45-46,48H,6,15,18-21H2,1-5H3,(H,39,40). The summed E-state index contributed by atoms with van der Waals surface area (Å²) in [6, 6.07) is -1.13. The minimum Gasteiger partial charge on any atom is -0.469 e. The first-order valence-corrected chi connectivity index (χ1v) is 18.1. The molecule has 2 fully saturated rings. The number of hydrogen-bond donors (Lipinski definition) is 7. The second-order valence-electron chi connectivity index (χ2n) is 13.9. The highest BCUT2D eigenvalue weighted by Gasteiger charge is 2.51. The fraction of sp³-hybridized carbons (Fsp3) is 0.658. The third-order valence-electron chi connectivity index (χ3n) is 9.55. The second-order valence-corrected chi connectivity index (χ2v) is 13.9. The lowest BCUT2D eigenvalue weighted by molar-refractivity contribution is -0.309. The van der Waals surface area contributed by atoms with E-state index in [4.69, 9.17) is 23.7 Å². The van der Waals surface area contributed by atoms with Crippen molar-refractivity contribution in [3.05, 3.63) is 60.8 Å². The number of methoxy groups -OCH3 is 1. The first kappa shape index (κ1) is 44.1. The van der Waals surface area contributed by atoms with Crippen molar-refractivity contribution in [3.8, 4) is 0 Å². The van der Waals surface area contributed by atoms with Gasteiger partial charge in [0.05, 0.1) is 49.8 Å². The third-order valence-corrected chi connectivity index (χ3v) is 9.55. The molecule has 14 atom stereocenters. The molecular formula is C38H57NO14. The van der Waals surface area contributed by atoms with Gasteiger partial charge in [0.15, 0.2) is 12.1 Å². The van der Waals surface area contributed by atoms with Gasteiger partial charge in [-0.25, -0.2) is 4.79 Å². The maximum Gasteiger partial charge on any atom is 0.330 e. The van der Waals surface area contributed by atoms with Gasteiger partial charge in [-0.15, -0.1) is 0 Å². The largest absolute Gasteiger partial charge is 0.469 e. The topological polar surface area (TPSA) is 231 Å². The van der Waals surface area contributed by atoms with E-state index in [1.54, 1.807) is 50.3 Å². The molecule has 3 heterocycles. The maximum absolute atomic E-state index is 13.0. The summed E-state index contributed by atoms with van der Waals surface area (Å²) in [5, 5.41) is 68.4. The normalized spacial score (nSPS) is 39.5. The number of ether oxygens (including phenoxy) is 5. The zero-order valence-corrected chi connectivity index (χ0v) is 31.0. The fourth-order valence-corrected chi connectivity index (χ4v) is 6.78. The summed E-state index contributed by atoms with van der Waals surface area (Å²) in [6.45, 7) is 6.55. The smallest absolute Gasteiger partial charge is 0.330 e. The number of aliphatic hydroxyl groups excluding tert-OH is 5. The Kier molecular flexibility index (Phi) is 17.5. The van der Waals surface area contributed by atoms with Gasteiger partial charge >= 0.3 is 11.9 Å². The summed E-state index contributed by atoms with van der Waals surface area (Å²) in [4.78, 5) is 37.2. The Bertz CT molecular complexity index is 1350. The molecule has 7 N–H and O–H groups in total. The first-order chi connectivity index (χ1) is 25.1. The molecule has 298 valence electrons. The van der Waals surface area contributed by atoms with Crippen LogP contribution in [0.4, 0.5) is 0 Å². The number of carbonyl (C=O) groups is 3. The zero-order valence-electron chi connectivity index (χ0n) is 31.0. The summed E-state index contributed by atoms with van der Waals surface area (Å²) in [7, 11) is 1.14. The van der Waals surface area contributed by atoms with Crippen molar-refractivity contribution in [1.82, 2.24) is 5.32 Å². The number of hydrogen-bond acceptors (Lipinski definition) is 14. The average molecular weight is 752 g/mol. The summed E-state index contributed by atoms with van der Waals surface area (Å²) in [5.74, 6) is -5.40. The monoisotopic (exact) mass is 751 g/mol. The Hall–Kier alpha value is -3.25. The van der Waals surface area contributed by atoms with Crippen molar-refractivity contribution in [2.45, 2.75) is 139 Å². The summed E-state index contributed by atoms with van der Waals surface area (Å²) < 4.78 is 28.5. The van der Waals surface area contributed by atoms with Gasteiger partial charge in [0, 0.05) is 38.2 Å². The molecule has 3 aliphatic heterocycles. The molecule has 2 saturated heterocycles. The molecule has 0 radical (unpaired) electrons. The van der Waals surface area contributed by atoms with Gasteiger partial charge < -0.3 is 59.6 Å². The van der Waals surface area contributed by atoms with E-state index in [2.05, 4.69) is 5.32 Å². The van der Waals surface area contributed by atoms with Crippen LogP contribution in [0.1, 0.15) is 66.2 Å². The van der Waals surface area contributed by atoms with Gasteiger partial charge in [-0.05, 0) is 33.1 Å². The van der Waals surface area contributed by atoms with Crippen LogP contribution in [0.2, 0.25) is 0 Å². The molecule has 1 amide bonds. The van der Waals surface area contributed by atoms with Gasteiger partial charge in [0.1, 0.15) is 24.2 Å². The minimum atomic E-state index is -2.16. The van der Waals surface area contributed by atoms with Crippen molar-refractivity contribution in [3.63, 3.8) is 0 Å². The second kappa shape index (κ2) is 21.0. The number of esters is 2. The molecule has 15 heteroatoms. The van der Waals surface area contributed by atoms with Crippen LogP contribution in [0.3, 0.4) is 0 Å². The van der Waals surface area contributed by atoms with Crippen LogP contribution < -0.4 is 5.32 Å². The van der Waals surface area contributed by atoms with Gasteiger partial charge in [-0.2, -0.15) is 0 Å². The van der Waals surface area contributed by atoms with E-state index in [-0.39, 0.29) is 25.2 Å². The van der Waals surface area contributed by atoms with Crippen molar-refractivity contribution in [2.75, 3.05) is 7.11 Å². The molecule has 14 unspecified atom stereocenters. The highest BCUT2D eigenvalue weighted by Crippen LogP contribution is 2.38. The predicted molar refractivity (Wildman–Crippen MR) is 190 cm³/mol. The number of aliphatic hydroxyl groups is 6. The van der Waals surface area contributed by atoms with Crippen LogP contribution >= 0.6 is 0 Å². The maximum atomic E-state index is 13.0. The summed E-state index contributed by atoms with van der Waals surface area (Å²) in [6.07, 6.45) is 4.34. The Balaban J connectivity index is 1.98. The number of cyclic esters (lactones) is 1. The lowest BCUT2D eigenvalue weighted by atomic mass is 9.82. The third kappa shape index (κ3) is 13.5. The quantitative estimate of drug-likeness (QED) is 0.195. The van der Waals surface area contributed by atoms with E-state index >= 15 is 0 Å². The van der Waals surface area contributed by atoms with Crippen LogP contribution in [0, 0.1) is 11.8 Å².